The third-order valence-electron chi connectivity index (χ3n) is 2.70. The summed E-state index contributed by atoms with van der Waals surface area (Å²) in [6, 6.07) is 5.44. The molecule has 1 aromatic heterocycles. The predicted octanol–water partition coefficient (Wildman–Crippen LogP) is 2.70. The van der Waals surface area contributed by atoms with Gasteiger partial charge in [0.2, 0.25) is 5.95 Å². The minimum Gasteiger partial charge on any atom is -0.496 e. The summed E-state index contributed by atoms with van der Waals surface area (Å²) in [4.78, 5) is 8.22. The molecule has 0 radical (unpaired) electrons. The maximum absolute atomic E-state index is 6.27. The molecular weight excluding hydrogens is 266 g/mol. The molecular formula is C13H14ClN3O2. The van der Waals surface area contributed by atoms with Crippen LogP contribution < -0.4 is 15.2 Å². The largest absolute Gasteiger partial charge is 0.496 e. The molecule has 19 heavy (non-hydrogen) atoms. The van der Waals surface area contributed by atoms with Crippen molar-refractivity contribution < 1.29 is 9.47 Å². The van der Waals surface area contributed by atoms with Crippen LogP contribution >= 0.6 is 11.6 Å². The molecule has 0 aliphatic carbocycles. The van der Waals surface area contributed by atoms with E-state index in [1.807, 2.05) is 18.2 Å². The van der Waals surface area contributed by atoms with Gasteiger partial charge in [-0.25, -0.2) is 9.97 Å². The number of nitrogens with zero attached hydrogens (tertiary/aromatic N) is 2. The number of rotatable bonds is 3. The number of halogens is 1. The summed E-state index contributed by atoms with van der Waals surface area (Å²) in [6.45, 7) is 1.77. The summed E-state index contributed by atoms with van der Waals surface area (Å²) >= 11 is 6.27. The first kappa shape index (κ1) is 13.4. The van der Waals surface area contributed by atoms with Crippen LogP contribution in [0.5, 0.6) is 11.5 Å². The number of benzene rings is 1. The van der Waals surface area contributed by atoms with Gasteiger partial charge in [-0.05, 0) is 19.1 Å². The van der Waals surface area contributed by atoms with Crippen molar-refractivity contribution >= 4 is 17.5 Å². The zero-order valence-corrected chi connectivity index (χ0v) is 11.7. The Balaban J connectivity index is 2.77. The topological polar surface area (TPSA) is 70.3 Å². The molecule has 100 valence electrons. The molecule has 0 bridgehead atoms. The number of ether oxygens (including phenoxy) is 2. The van der Waals surface area contributed by atoms with Gasteiger partial charge in [0, 0.05) is 0 Å². The molecule has 0 unspecified atom stereocenters. The highest BCUT2D eigenvalue weighted by Gasteiger charge is 2.19. The van der Waals surface area contributed by atoms with Gasteiger partial charge in [-0.1, -0.05) is 17.7 Å². The summed E-state index contributed by atoms with van der Waals surface area (Å²) < 4.78 is 10.7. The van der Waals surface area contributed by atoms with E-state index >= 15 is 0 Å². The smallest absolute Gasteiger partial charge is 0.220 e. The van der Waals surface area contributed by atoms with Crippen molar-refractivity contribution in [3.05, 3.63) is 28.9 Å². The van der Waals surface area contributed by atoms with Crippen LogP contribution in [0.2, 0.25) is 5.02 Å². The van der Waals surface area contributed by atoms with Crippen LogP contribution in [0.3, 0.4) is 0 Å². The van der Waals surface area contributed by atoms with Crippen LogP contribution in [0.15, 0.2) is 18.2 Å². The van der Waals surface area contributed by atoms with E-state index in [1.54, 1.807) is 21.1 Å². The fourth-order valence-electron chi connectivity index (χ4n) is 1.83. The molecule has 0 aliphatic rings. The molecule has 5 nitrogen and oxygen atoms in total. The molecule has 0 spiro atoms. The van der Waals surface area contributed by atoms with Crippen molar-refractivity contribution in [2.45, 2.75) is 6.92 Å². The number of hydrogen-bond donors (Lipinski definition) is 1. The van der Waals surface area contributed by atoms with Gasteiger partial charge in [-0.15, -0.1) is 0 Å². The number of methoxy groups -OCH3 is 2. The SMILES string of the molecule is COc1cccc(OC)c1-c1nc(N)nc(C)c1Cl. The van der Waals surface area contributed by atoms with E-state index < -0.39 is 0 Å². The van der Waals surface area contributed by atoms with Crippen LogP contribution in [-0.2, 0) is 0 Å². The third-order valence-corrected chi connectivity index (χ3v) is 3.15. The Hall–Kier alpha value is -2.01. The van der Waals surface area contributed by atoms with E-state index in [0.29, 0.717) is 33.5 Å². The van der Waals surface area contributed by atoms with Gasteiger partial charge in [-0.3, -0.25) is 0 Å². The summed E-state index contributed by atoms with van der Waals surface area (Å²) in [5, 5.41) is 0.428. The summed E-state index contributed by atoms with van der Waals surface area (Å²) in [5.74, 6) is 1.38. The highest BCUT2D eigenvalue weighted by molar-refractivity contribution is 6.33. The van der Waals surface area contributed by atoms with Crippen LogP contribution in [0.25, 0.3) is 11.3 Å². The molecule has 2 rings (SSSR count). The Labute approximate surface area is 116 Å². The first-order valence-corrected chi connectivity index (χ1v) is 5.97. The minimum atomic E-state index is 0.157. The van der Waals surface area contributed by atoms with Crippen LogP contribution in [-0.4, -0.2) is 24.2 Å². The van der Waals surface area contributed by atoms with Gasteiger partial charge in [0.15, 0.2) is 0 Å². The van der Waals surface area contributed by atoms with E-state index in [9.17, 15) is 0 Å². The standard InChI is InChI=1S/C13H14ClN3O2/c1-7-11(14)12(17-13(15)16-7)10-8(18-2)5-4-6-9(10)19-3/h4-6H,1-3H3,(H2,15,16,17). The van der Waals surface area contributed by atoms with E-state index in [2.05, 4.69) is 9.97 Å². The van der Waals surface area contributed by atoms with Crippen LogP contribution in [0.4, 0.5) is 5.95 Å². The van der Waals surface area contributed by atoms with Gasteiger partial charge in [0.1, 0.15) is 17.2 Å². The lowest BCUT2D eigenvalue weighted by atomic mass is 10.1. The molecule has 1 aromatic carbocycles. The van der Waals surface area contributed by atoms with Crippen molar-refractivity contribution in [1.29, 1.82) is 0 Å². The second kappa shape index (κ2) is 5.32. The first-order valence-electron chi connectivity index (χ1n) is 5.59. The zero-order valence-electron chi connectivity index (χ0n) is 10.9. The molecule has 2 N–H and O–H groups in total. The molecule has 0 amide bonds. The molecule has 0 saturated carbocycles. The lowest BCUT2D eigenvalue weighted by molar-refractivity contribution is 0.397. The monoisotopic (exact) mass is 279 g/mol. The zero-order chi connectivity index (χ0) is 14.0. The van der Waals surface area contributed by atoms with Gasteiger partial charge in [-0.2, -0.15) is 0 Å². The third kappa shape index (κ3) is 2.42. The van der Waals surface area contributed by atoms with Crippen molar-refractivity contribution in [1.82, 2.24) is 9.97 Å². The van der Waals surface area contributed by atoms with E-state index in [0.717, 1.165) is 0 Å². The normalized spacial score (nSPS) is 10.3. The van der Waals surface area contributed by atoms with Crippen LogP contribution in [0, 0.1) is 6.92 Å². The summed E-state index contributed by atoms with van der Waals surface area (Å²) in [6.07, 6.45) is 0. The van der Waals surface area contributed by atoms with Gasteiger partial charge < -0.3 is 15.2 Å². The Morgan fingerprint density at radius 1 is 1.11 bits per heavy atom. The average molecular weight is 280 g/mol. The number of nitrogen functional groups attached to an aromatic ring is 1. The van der Waals surface area contributed by atoms with Gasteiger partial charge in [0.05, 0.1) is 30.5 Å². The first-order chi connectivity index (χ1) is 9.08. The maximum Gasteiger partial charge on any atom is 0.220 e. The van der Waals surface area contributed by atoms with Crippen LogP contribution in [0.1, 0.15) is 5.69 Å². The van der Waals surface area contributed by atoms with Gasteiger partial charge >= 0.3 is 0 Å². The fourth-order valence-corrected chi connectivity index (χ4v) is 2.01. The van der Waals surface area contributed by atoms with E-state index in [-0.39, 0.29) is 5.95 Å². The Kier molecular flexibility index (Phi) is 3.76. The fraction of sp³-hybridized carbons (Fsp3) is 0.231. The summed E-state index contributed by atoms with van der Waals surface area (Å²) in [5.41, 5.74) is 7.46. The highest BCUT2D eigenvalue weighted by Crippen LogP contribution is 2.41. The molecule has 0 atom stereocenters. The number of hydrogen-bond acceptors (Lipinski definition) is 5. The molecule has 1 heterocycles. The average Bonchev–Trinajstić information content (AvgIpc) is 2.41. The van der Waals surface area contributed by atoms with Crippen molar-refractivity contribution in [2.75, 3.05) is 20.0 Å². The number of aryl methyl sites for hydroxylation is 1. The summed E-state index contributed by atoms with van der Waals surface area (Å²) in [7, 11) is 3.15. The Morgan fingerprint density at radius 2 is 1.68 bits per heavy atom. The minimum absolute atomic E-state index is 0.157. The van der Waals surface area contributed by atoms with Crippen molar-refractivity contribution in [2.24, 2.45) is 0 Å². The number of aromatic nitrogens is 2. The van der Waals surface area contributed by atoms with E-state index in [4.69, 9.17) is 26.8 Å². The second-order valence-corrected chi connectivity index (χ2v) is 4.25. The van der Waals surface area contributed by atoms with Gasteiger partial charge in [0.25, 0.3) is 0 Å². The molecule has 2 aromatic rings. The lowest BCUT2D eigenvalue weighted by Gasteiger charge is -2.14. The highest BCUT2D eigenvalue weighted by atomic mass is 35.5. The molecule has 0 fully saturated rings. The predicted molar refractivity (Wildman–Crippen MR) is 74.7 cm³/mol. The molecule has 0 saturated heterocycles. The van der Waals surface area contributed by atoms with Crippen molar-refractivity contribution in [3.8, 4) is 22.8 Å². The Morgan fingerprint density at radius 3 is 2.21 bits per heavy atom. The lowest BCUT2D eigenvalue weighted by Crippen LogP contribution is -2.02. The second-order valence-electron chi connectivity index (χ2n) is 3.87. The maximum atomic E-state index is 6.27. The van der Waals surface area contributed by atoms with E-state index in [1.165, 1.54) is 0 Å². The Bertz CT molecular complexity index is 595. The molecule has 6 heteroatoms. The van der Waals surface area contributed by atoms with Crippen molar-refractivity contribution in [3.63, 3.8) is 0 Å². The number of nitrogens with two attached hydrogens (primary N) is 1. The number of anilines is 1. The molecule has 0 aliphatic heterocycles. The quantitative estimate of drug-likeness (QED) is 0.935.